The summed E-state index contributed by atoms with van der Waals surface area (Å²) >= 11 is 0. The van der Waals surface area contributed by atoms with Gasteiger partial charge in [-0.05, 0) is 30.7 Å². The molecule has 2 aromatic carbocycles. The molecule has 108 valence electrons. The lowest BCUT2D eigenvalue weighted by Gasteiger charge is -2.08. The highest BCUT2D eigenvalue weighted by Gasteiger charge is 2.14. The van der Waals surface area contributed by atoms with Crippen molar-refractivity contribution in [3.63, 3.8) is 0 Å². The van der Waals surface area contributed by atoms with Crippen LogP contribution in [0.2, 0.25) is 0 Å². The summed E-state index contributed by atoms with van der Waals surface area (Å²) in [6, 6.07) is 9.87. The van der Waals surface area contributed by atoms with Crippen LogP contribution in [0.15, 0.2) is 36.4 Å². The molecule has 0 unspecified atom stereocenters. The molecule has 3 aromatic rings. The first-order valence-corrected chi connectivity index (χ1v) is 6.77. The maximum absolute atomic E-state index is 13.9. The molecule has 0 spiro atoms. The number of imidazole rings is 1. The number of hydrogen-bond acceptors (Lipinski definition) is 2. The Morgan fingerprint density at radius 1 is 1.14 bits per heavy atom. The average Bonchev–Trinajstić information content (AvgIpc) is 2.81. The molecule has 3 rings (SSSR count). The van der Waals surface area contributed by atoms with Gasteiger partial charge in [0.1, 0.15) is 17.5 Å². The monoisotopic (exact) mass is 287 g/mol. The second kappa shape index (κ2) is 5.16. The van der Waals surface area contributed by atoms with E-state index in [1.807, 2.05) is 35.8 Å². The predicted octanol–water partition coefficient (Wildman–Crippen LogP) is 3.51. The van der Waals surface area contributed by atoms with Crippen molar-refractivity contribution in [3.05, 3.63) is 59.4 Å². The lowest BCUT2D eigenvalue weighted by Crippen LogP contribution is -2.05. The van der Waals surface area contributed by atoms with Gasteiger partial charge in [0.15, 0.2) is 0 Å². The summed E-state index contributed by atoms with van der Waals surface area (Å²) < 4.78 is 29.5. The number of halogens is 2. The van der Waals surface area contributed by atoms with Gasteiger partial charge in [-0.15, -0.1) is 0 Å². The van der Waals surface area contributed by atoms with Crippen molar-refractivity contribution in [2.75, 3.05) is 5.73 Å². The van der Waals surface area contributed by atoms with E-state index < -0.39 is 11.6 Å². The van der Waals surface area contributed by atoms with E-state index in [1.165, 1.54) is 0 Å². The lowest BCUT2D eigenvalue weighted by atomic mass is 10.1. The van der Waals surface area contributed by atoms with Crippen LogP contribution < -0.4 is 5.73 Å². The zero-order valence-corrected chi connectivity index (χ0v) is 11.6. The minimum Gasteiger partial charge on any atom is -0.396 e. The van der Waals surface area contributed by atoms with E-state index in [0.717, 1.165) is 29.7 Å². The van der Waals surface area contributed by atoms with Crippen LogP contribution in [0.4, 0.5) is 14.5 Å². The highest BCUT2D eigenvalue weighted by molar-refractivity contribution is 5.76. The molecule has 0 bridgehead atoms. The number of hydrogen-bond donors (Lipinski definition) is 1. The van der Waals surface area contributed by atoms with Crippen molar-refractivity contribution < 1.29 is 8.78 Å². The number of rotatable bonds is 3. The number of aryl methyl sites for hydroxylation is 1. The number of nitrogens with two attached hydrogens (primary N) is 1. The molecular weight excluding hydrogens is 272 g/mol. The van der Waals surface area contributed by atoms with Crippen molar-refractivity contribution in [2.24, 2.45) is 0 Å². The first kappa shape index (κ1) is 13.5. The van der Waals surface area contributed by atoms with Crippen LogP contribution in [0.25, 0.3) is 11.0 Å². The third-order valence-electron chi connectivity index (χ3n) is 3.56. The Morgan fingerprint density at radius 3 is 2.67 bits per heavy atom. The van der Waals surface area contributed by atoms with Gasteiger partial charge < -0.3 is 10.3 Å². The van der Waals surface area contributed by atoms with E-state index in [9.17, 15) is 8.78 Å². The smallest absolute Gasteiger partial charge is 0.146 e. The van der Waals surface area contributed by atoms with Gasteiger partial charge >= 0.3 is 0 Å². The molecule has 5 heteroatoms. The molecule has 0 amide bonds. The van der Waals surface area contributed by atoms with E-state index >= 15 is 0 Å². The maximum Gasteiger partial charge on any atom is 0.146 e. The molecule has 2 N–H and O–H groups in total. The van der Waals surface area contributed by atoms with Crippen LogP contribution >= 0.6 is 0 Å². The van der Waals surface area contributed by atoms with E-state index in [1.54, 1.807) is 0 Å². The normalized spacial score (nSPS) is 11.2. The van der Waals surface area contributed by atoms with Crippen LogP contribution in [0.3, 0.4) is 0 Å². The van der Waals surface area contributed by atoms with Gasteiger partial charge in [0.2, 0.25) is 0 Å². The summed E-state index contributed by atoms with van der Waals surface area (Å²) in [5, 5.41) is 0. The molecule has 0 fully saturated rings. The van der Waals surface area contributed by atoms with Crippen LogP contribution in [-0.2, 0) is 13.0 Å². The summed E-state index contributed by atoms with van der Waals surface area (Å²) in [6.07, 6.45) is 0.228. The predicted molar refractivity (Wildman–Crippen MR) is 79.0 cm³/mol. The molecule has 1 aromatic heterocycles. The SMILES string of the molecule is CCn1c(Cc2cc(F)c(N)cc2F)nc2ccccc21. The van der Waals surface area contributed by atoms with Crippen molar-refractivity contribution in [1.82, 2.24) is 9.55 Å². The van der Waals surface area contributed by atoms with E-state index in [2.05, 4.69) is 4.98 Å². The topological polar surface area (TPSA) is 43.8 Å². The van der Waals surface area contributed by atoms with Crippen molar-refractivity contribution >= 4 is 16.7 Å². The highest BCUT2D eigenvalue weighted by atomic mass is 19.1. The molecule has 0 aliphatic rings. The Labute approximate surface area is 121 Å². The standard InChI is InChI=1S/C16H15F2N3/c1-2-21-15-6-4-3-5-14(15)20-16(21)8-10-7-12(18)13(19)9-11(10)17/h3-7,9H,2,8,19H2,1H3. The minimum absolute atomic E-state index is 0.180. The molecule has 0 saturated heterocycles. The summed E-state index contributed by atoms with van der Waals surface area (Å²) in [7, 11) is 0. The largest absolute Gasteiger partial charge is 0.396 e. The van der Waals surface area contributed by atoms with Crippen molar-refractivity contribution in [1.29, 1.82) is 0 Å². The van der Waals surface area contributed by atoms with Gasteiger partial charge in [0.05, 0.1) is 16.7 Å². The maximum atomic E-state index is 13.9. The zero-order valence-electron chi connectivity index (χ0n) is 11.6. The van der Waals surface area contributed by atoms with Crippen molar-refractivity contribution in [2.45, 2.75) is 19.9 Å². The van der Waals surface area contributed by atoms with Gasteiger partial charge in [0, 0.05) is 19.0 Å². The molecule has 21 heavy (non-hydrogen) atoms. The molecule has 1 heterocycles. The Balaban J connectivity index is 2.08. The van der Waals surface area contributed by atoms with Crippen molar-refractivity contribution in [3.8, 4) is 0 Å². The Hall–Kier alpha value is -2.43. The van der Waals surface area contributed by atoms with Gasteiger partial charge in [-0.25, -0.2) is 13.8 Å². The van der Waals surface area contributed by atoms with Gasteiger partial charge in [-0.3, -0.25) is 0 Å². The Kier molecular flexibility index (Phi) is 3.33. The highest BCUT2D eigenvalue weighted by Crippen LogP contribution is 2.22. The Morgan fingerprint density at radius 2 is 1.90 bits per heavy atom. The first-order chi connectivity index (χ1) is 10.1. The number of para-hydroxylation sites is 2. The number of benzene rings is 2. The summed E-state index contributed by atoms with van der Waals surface area (Å²) in [5.74, 6) is -0.407. The van der Waals surface area contributed by atoms with E-state index in [-0.39, 0.29) is 17.7 Å². The number of fused-ring (bicyclic) bond motifs is 1. The molecule has 0 aliphatic carbocycles. The molecule has 0 radical (unpaired) electrons. The number of nitrogen functional groups attached to an aromatic ring is 1. The fraction of sp³-hybridized carbons (Fsp3) is 0.188. The summed E-state index contributed by atoms with van der Waals surface area (Å²) in [5.41, 5.74) is 7.28. The van der Waals surface area contributed by atoms with Gasteiger partial charge in [-0.1, -0.05) is 12.1 Å². The van der Waals surface area contributed by atoms with Crippen LogP contribution in [0.1, 0.15) is 18.3 Å². The third kappa shape index (κ3) is 2.35. The molecular formula is C16H15F2N3. The second-order valence-electron chi connectivity index (χ2n) is 4.90. The Bertz CT molecular complexity index is 809. The summed E-state index contributed by atoms with van der Waals surface area (Å²) in [6.45, 7) is 2.71. The van der Waals surface area contributed by atoms with Gasteiger partial charge in [-0.2, -0.15) is 0 Å². The lowest BCUT2D eigenvalue weighted by molar-refractivity contribution is 0.588. The summed E-state index contributed by atoms with van der Waals surface area (Å²) in [4.78, 5) is 4.51. The third-order valence-corrected chi connectivity index (χ3v) is 3.56. The molecule has 0 atom stereocenters. The van der Waals surface area contributed by atoms with Gasteiger partial charge in [0.25, 0.3) is 0 Å². The van der Waals surface area contributed by atoms with E-state index in [4.69, 9.17) is 5.73 Å². The first-order valence-electron chi connectivity index (χ1n) is 6.77. The molecule has 3 nitrogen and oxygen atoms in total. The van der Waals surface area contributed by atoms with Crippen LogP contribution in [-0.4, -0.2) is 9.55 Å². The fourth-order valence-electron chi connectivity index (χ4n) is 2.52. The second-order valence-corrected chi connectivity index (χ2v) is 4.90. The van der Waals surface area contributed by atoms with Crippen LogP contribution in [0, 0.1) is 11.6 Å². The number of aromatic nitrogens is 2. The average molecular weight is 287 g/mol. The minimum atomic E-state index is -0.606. The molecule has 0 saturated carbocycles. The van der Waals surface area contributed by atoms with Crippen LogP contribution in [0.5, 0.6) is 0 Å². The van der Waals surface area contributed by atoms with E-state index in [0.29, 0.717) is 5.82 Å². The quantitative estimate of drug-likeness (QED) is 0.749. The number of anilines is 1. The zero-order chi connectivity index (χ0) is 15.0. The fourth-order valence-corrected chi connectivity index (χ4v) is 2.52. The molecule has 0 aliphatic heterocycles. The number of nitrogens with zero attached hydrogens (tertiary/aromatic N) is 2.